The molecule has 0 aliphatic rings. The van der Waals surface area contributed by atoms with Gasteiger partial charge in [-0.1, -0.05) is 46.0 Å². The summed E-state index contributed by atoms with van der Waals surface area (Å²) < 4.78 is 6.69. The van der Waals surface area contributed by atoms with Crippen LogP contribution in [-0.4, -0.2) is 15.9 Å². The maximum atomic E-state index is 11.9. The molecule has 0 bridgehead atoms. The quantitative estimate of drug-likeness (QED) is 0.811. The number of hydrogen-bond acceptors (Lipinski definition) is 6. The minimum absolute atomic E-state index is 0.0346. The fourth-order valence-electron chi connectivity index (χ4n) is 1.46. The highest BCUT2D eigenvalue weighted by Crippen LogP contribution is 2.31. The predicted molar refractivity (Wildman–Crippen MR) is 90.4 cm³/mol. The van der Waals surface area contributed by atoms with Crippen molar-refractivity contribution in [3.63, 3.8) is 0 Å². The Labute approximate surface area is 138 Å². The number of amides is 1. The molecule has 7 heteroatoms. The van der Waals surface area contributed by atoms with Gasteiger partial charge in [0.1, 0.15) is 5.76 Å². The van der Waals surface area contributed by atoms with E-state index in [2.05, 4.69) is 29.1 Å². The van der Waals surface area contributed by atoms with Crippen LogP contribution < -0.4 is 5.32 Å². The largest absolute Gasteiger partial charge is 0.445 e. The molecule has 0 spiro atoms. The number of hydrogen-bond donors (Lipinski definition) is 1. The van der Waals surface area contributed by atoms with Crippen molar-refractivity contribution in [1.29, 1.82) is 0 Å². The Morgan fingerprint density at radius 2 is 2.09 bits per heavy atom. The zero-order chi connectivity index (χ0) is 16.3. The minimum atomic E-state index is -0.426. The minimum Gasteiger partial charge on any atom is -0.445 e. The van der Waals surface area contributed by atoms with Crippen LogP contribution >= 0.6 is 23.1 Å². The van der Waals surface area contributed by atoms with Crippen LogP contribution in [0.4, 0.5) is 5.13 Å². The third-order valence-corrected chi connectivity index (χ3v) is 4.96. The molecule has 0 atom stereocenters. The highest BCUT2D eigenvalue weighted by atomic mass is 32.2. The molecule has 2 aromatic rings. The first-order valence-electron chi connectivity index (χ1n) is 7.10. The maximum Gasteiger partial charge on any atom is 0.231 e. The molecular weight excluding hydrogens is 318 g/mol. The topological polar surface area (TPSA) is 68.0 Å². The van der Waals surface area contributed by atoms with E-state index in [-0.39, 0.29) is 5.91 Å². The lowest BCUT2D eigenvalue weighted by Gasteiger charge is -2.15. The van der Waals surface area contributed by atoms with E-state index in [0.29, 0.717) is 22.7 Å². The monoisotopic (exact) mass is 339 g/mol. The fourth-order valence-corrected chi connectivity index (χ4v) is 3.18. The van der Waals surface area contributed by atoms with Crippen molar-refractivity contribution >= 4 is 34.1 Å². The van der Waals surface area contributed by atoms with Crippen molar-refractivity contribution in [3.05, 3.63) is 24.0 Å². The molecule has 2 aromatic heterocycles. The Kier molecular flexibility index (Phi) is 5.28. The molecule has 22 heavy (non-hydrogen) atoms. The number of carbonyl (C=O) groups is 1. The highest BCUT2D eigenvalue weighted by molar-refractivity contribution is 8.00. The summed E-state index contributed by atoms with van der Waals surface area (Å²) in [7, 11) is 0. The molecule has 0 aromatic carbocycles. The number of oxazole rings is 1. The van der Waals surface area contributed by atoms with Gasteiger partial charge in [0.25, 0.3) is 0 Å². The zero-order valence-corrected chi connectivity index (χ0v) is 15.1. The van der Waals surface area contributed by atoms with Gasteiger partial charge < -0.3 is 9.73 Å². The average Bonchev–Trinajstić information content (AvgIpc) is 3.03. The molecule has 2 rings (SSSR count). The van der Waals surface area contributed by atoms with Crippen molar-refractivity contribution in [2.75, 3.05) is 5.32 Å². The first-order chi connectivity index (χ1) is 10.3. The Balaban J connectivity index is 1.90. The SMILES string of the molecule is CC(C)c1cnc(CSc2cnc(NC(=O)C(C)(C)C)s2)o1. The summed E-state index contributed by atoms with van der Waals surface area (Å²) in [5, 5.41) is 3.46. The van der Waals surface area contributed by atoms with E-state index in [9.17, 15) is 4.79 Å². The second-order valence-electron chi connectivity index (χ2n) is 6.29. The molecular formula is C15H21N3O2S2. The van der Waals surface area contributed by atoms with Crippen molar-refractivity contribution in [3.8, 4) is 0 Å². The van der Waals surface area contributed by atoms with Crippen molar-refractivity contribution in [2.45, 2.75) is 50.5 Å². The molecule has 5 nitrogen and oxygen atoms in total. The molecule has 0 fully saturated rings. The van der Waals surface area contributed by atoms with Crippen molar-refractivity contribution < 1.29 is 9.21 Å². The number of thiazole rings is 1. The standard InChI is InChI=1S/C15H21N3O2S2/c1-9(2)10-6-16-11(20-10)8-21-12-7-17-14(22-12)18-13(19)15(3,4)5/h6-7,9H,8H2,1-5H3,(H,17,18,19). The smallest absolute Gasteiger partial charge is 0.231 e. The lowest BCUT2D eigenvalue weighted by atomic mass is 9.96. The van der Waals surface area contributed by atoms with Crippen LogP contribution in [-0.2, 0) is 10.5 Å². The van der Waals surface area contributed by atoms with Gasteiger partial charge in [-0.15, -0.1) is 11.8 Å². The molecule has 0 aliphatic heterocycles. The Hall–Kier alpha value is -1.34. The van der Waals surface area contributed by atoms with E-state index < -0.39 is 5.41 Å². The van der Waals surface area contributed by atoms with E-state index in [1.807, 2.05) is 20.8 Å². The summed E-state index contributed by atoms with van der Waals surface area (Å²) in [5.41, 5.74) is -0.426. The molecule has 120 valence electrons. The normalized spacial score (nSPS) is 11.9. The third kappa shape index (κ3) is 4.58. The summed E-state index contributed by atoms with van der Waals surface area (Å²) in [6.07, 6.45) is 3.54. The van der Waals surface area contributed by atoms with E-state index >= 15 is 0 Å². The zero-order valence-electron chi connectivity index (χ0n) is 13.5. The summed E-state index contributed by atoms with van der Waals surface area (Å²) in [4.78, 5) is 20.4. The van der Waals surface area contributed by atoms with E-state index in [4.69, 9.17) is 4.42 Å². The van der Waals surface area contributed by atoms with Gasteiger partial charge in [-0.3, -0.25) is 4.79 Å². The van der Waals surface area contributed by atoms with Gasteiger partial charge in [0, 0.05) is 11.3 Å². The summed E-state index contributed by atoms with van der Waals surface area (Å²) in [6.45, 7) is 9.77. The predicted octanol–water partition coefficient (Wildman–Crippen LogP) is 4.53. The van der Waals surface area contributed by atoms with E-state index in [1.165, 1.54) is 11.3 Å². The molecule has 1 N–H and O–H groups in total. The van der Waals surface area contributed by atoms with Crippen LogP contribution in [0.25, 0.3) is 0 Å². The first-order valence-corrected chi connectivity index (χ1v) is 8.90. The van der Waals surface area contributed by atoms with Crippen LogP contribution in [0.1, 0.15) is 52.2 Å². The van der Waals surface area contributed by atoms with Crippen LogP contribution in [0, 0.1) is 5.41 Å². The molecule has 0 aliphatic carbocycles. The van der Waals surface area contributed by atoms with Crippen LogP contribution in [0.15, 0.2) is 21.0 Å². The first kappa shape index (κ1) is 17.0. The summed E-state index contributed by atoms with van der Waals surface area (Å²) in [5.74, 6) is 2.57. The van der Waals surface area contributed by atoms with Crippen LogP contribution in [0.3, 0.4) is 0 Å². The number of thioether (sulfide) groups is 1. The average molecular weight is 339 g/mol. The number of carbonyl (C=O) groups excluding carboxylic acids is 1. The number of aromatic nitrogens is 2. The maximum absolute atomic E-state index is 11.9. The van der Waals surface area contributed by atoms with E-state index in [1.54, 1.807) is 24.2 Å². The van der Waals surface area contributed by atoms with E-state index in [0.717, 1.165) is 9.97 Å². The fraction of sp³-hybridized carbons (Fsp3) is 0.533. The lowest BCUT2D eigenvalue weighted by molar-refractivity contribution is -0.123. The molecule has 0 saturated carbocycles. The van der Waals surface area contributed by atoms with Gasteiger partial charge in [-0.2, -0.15) is 0 Å². The number of nitrogens with zero attached hydrogens (tertiary/aromatic N) is 2. The number of nitrogens with one attached hydrogen (secondary N) is 1. The van der Waals surface area contributed by atoms with Crippen molar-refractivity contribution in [2.24, 2.45) is 5.41 Å². The number of anilines is 1. The van der Waals surface area contributed by atoms with Crippen molar-refractivity contribution in [1.82, 2.24) is 9.97 Å². The Bertz CT molecular complexity index is 641. The van der Waals surface area contributed by atoms with Gasteiger partial charge in [0.2, 0.25) is 11.8 Å². The van der Waals surface area contributed by atoms with Gasteiger partial charge in [-0.25, -0.2) is 9.97 Å². The van der Waals surface area contributed by atoms with Gasteiger partial charge in [0.15, 0.2) is 5.13 Å². The Morgan fingerprint density at radius 1 is 1.36 bits per heavy atom. The van der Waals surface area contributed by atoms with Crippen LogP contribution in [0.5, 0.6) is 0 Å². The van der Waals surface area contributed by atoms with Gasteiger partial charge in [0.05, 0.1) is 22.4 Å². The number of rotatable bonds is 5. The Morgan fingerprint density at radius 3 is 2.68 bits per heavy atom. The summed E-state index contributed by atoms with van der Waals surface area (Å²) in [6, 6.07) is 0. The molecule has 0 radical (unpaired) electrons. The lowest BCUT2D eigenvalue weighted by Crippen LogP contribution is -2.27. The van der Waals surface area contributed by atoms with Crippen LogP contribution in [0.2, 0.25) is 0 Å². The second kappa shape index (κ2) is 6.83. The molecule has 1 amide bonds. The molecule has 0 saturated heterocycles. The van der Waals surface area contributed by atoms with Gasteiger partial charge >= 0.3 is 0 Å². The second-order valence-corrected chi connectivity index (χ2v) is 8.59. The third-order valence-electron chi connectivity index (χ3n) is 2.86. The van der Waals surface area contributed by atoms with Gasteiger partial charge in [-0.05, 0) is 0 Å². The molecule has 0 unspecified atom stereocenters. The summed E-state index contributed by atoms with van der Waals surface area (Å²) >= 11 is 3.06. The highest BCUT2D eigenvalue weighted by Gasteiger charge is 2.22. The molecule has 2 heterocycles.